The maximum Gasteiger partial charge on any atom is 0.322 e. The fourth-order valence-corrected chi connectivity index (χ4v) is 6.36. The van der Waals surface area contributed by atoms with Crippen molar-refractivity contribution < 1.29 is 9.53 Å². The third-order valence-electron chi connectivity index (χ3n) is 8.77. The van der Waals surface area contributed by atoms with E-state index in [0.29, 0.717) is 38.5 Å². The molecule has 1 unspecified atom stereocenters. The molecule has 2 amide bonds. The summed E-state index contributed by atoms with van der Waals surface area (Å²) in [6, 6.07) is 14.6. The number of nitrogens with zero attached hydrogens (tertiary/aromatic N) is 3. The number of carbonyl (C=O) groups excluding carboxylic acids is 1. The molecule has 0 radical (unpaired) electrons. The Morgan fingerprint density at radius 2 is 1.95 bits per heavy atom. The standard InChI is InChI=1S/C35H41N7O2/c1-24(34-19-32-30(10-5-11-33(32)41-34)26-9-6-12-37-20-26)31-18-25(7-3-2-4-8-27(31)22-39-36)28-17-29(23-38-21-28)40-35(43)42-13-15-44-16-14-42/h5-7,9-12,17-21,23-24,27,39,41H,2-4,8,13-16,22,36H2,1H3,(H,40,43)/b25-7+,31-18-/t24-,27?/m0/s1. The number of hydrogen-bond acceptors (Lipinski definition) is 6. The number of nitrogens with one attached hydrogen (secondary N) is 3. The summed E-state index contributed by atoms with van der Waals surface area (Å²) in [5, 5.41) is 4.22. The molecule has 1 fully saturated rings. The Balaban J connectivity index is 1.35. The van der Waals surface area contributed by atoms with Gasteiger partial charge in [-0.1, -0.05) is 49.3 Å². The molecule has 9 nitrogen and oxygen atoms in total. The third-order valence-corrected chi connectivity index (χ3v) is 8.77. The molecule has 6 rings (SSSR count). The highest BCUT2D eigenvalue weighted by Gasteiger charge is 2.24. The number of urea groups is 1. The van der Waals surface area contributed by atoms with Crippen molar-refractivity contribution in [2.45, 2.75) is 38.5 Å². The van der Waals surface area contributed by atoms with E-state index in [2.05, 4.69) is 75.1 Å². The molecular formula is C35H41N7O2. The predicted molar refractivity (Wildman–Crippen MR) is 176 cm³/mol. The van der Waals surface area contributed by atoms with Gasteiger partial charge in [-0.2, -0.15) is 0 Å². The van der Waals surface area contributed by atoms with Crippen molar-refractivity contribution in [1.29, 1.82) is 0 Å². The van der Waals surface area contributed by atoms with Gasteiger partial charge in [0.05, 0.1) is 25.1 Å². The summed E-state index contributed by atoms with van der Waals surface area (Å²) in [7, 11) is 0. The first-order valence-corrected chi connectivity index (χ1v) is 15.6. The van der Waals surface area contributed by atoms with Crippen LogP contribution in [0.3, 0.4) is 0 Å². The second kappa shape index (κ2) is 14.0. The van der Waals surface area contributed by atoms with Crippen LogP contribution in [-0.4, -0.2) is 58.7 Å². The van der Waals surface area contributed by atoms with Crippen molar-refractivity contribution >= 4 is 28.2 Å². The average Bonchev–Trinajstić information content (AvgIpc) is 3.54. The summed E-state index contributed by atoms with van der Waals surface area (Å²) in [5.41, 5.74) is 11.6. The third kappa shape index (κ3) is 6.75. The van der Waals surface area contributed by atoms with E-state index < -0.39 is 0 Å². The van der Waals surface area contributed by atoms with Crippen LogP contribution in [0.2, 0.25) is 0 Å². The van der Waals surface area contributed by atoms with Crippen molar-refractivity contribution in [2.75, 3.05) is 38.2 Å². The Morgan fingerprint density at radius 3 is 2.77 bits per heavy atom. The number of benzene rings is 1. The van der Waals surface area contributed by atoms with E-state index in [1.807, 2.05) is 24.5 Å². The number of H-pyrrole nitrogens is 1. The average molecular weight is 592 g/mol. The molecule has 1 saturated heterocycles. The minimum atomic E-state index is -0.126. The summed E-state index contributed by atoms with van der Waals surface area (Å²) < 4.78 is 5.40. The number of morpholine rings is 1. The van der Waals surface area contributed by atoms with Crippen molar-refractivity contribution in [3.63, 3.8) is 0 Å². The molecule has 5 N–H and O–H groups in total. The van der Waals surface area contributed by atoms with Gasteiger partial charge in [0.2, 0.25) is 0 Å². The zero-order valence-corrected chi connectivity index (χ0v) is 25.3. The molecule has 1 aliphatic heterocycles. The van der Waals surface area contributed by atoms with E-state index in [-0.39, 0.29) is 17.9 Å². The summed E-state index contributed by atoms with van der Waals surface area (Å²) in [5.74, 6) is 6.32. The number of nitrogens with two attached hydrogens (primary N) is 1. The SMILES string of the molecule is C[C@@H](/C1=C/C(c2cncc(NC(=O)N3CCOCC3)c2)=C\CCCCC1CNN)c1cc2c(-c3cccnc3)cccc2[nH]1. The van der Waals surface area contributed by atoms with Crippen LogP contribution >= 0.6 is 0 Å². The van der Waals surface area contributed by atoms with E-state index in [1.54, 1.807) is 17.3 Å². The summed E-state index contributed by atoms with van der Waals surface area (Å²) in [6.07, 6.45) is 16.2. The minimum Gasteiger partial charge on any atom is -0.378 e. The van der Waals surface area contributed by atoms with Gasteiger partial charge >= 0.3 is 6.03 Å². The molecule has 1 aromatic carbocycles. The largest absolute Gasteiger partial charge is 0.378 e. The molecule has 3 aromatic heterocycles. The monoisotopic (exact) mass is 591 g/mol. The second-order valence-electron chi connectivity index (χ2n) is 11.6. The van der Waals surface area contributed by atoms with Gasteiger partial charge in [-0.3, -0.25) is 21.2 Å². The molecule has 2 atom stereocenters. The number of fused-ring (bicyclic) bond motifs is 1. The van der Waals surface area contributed by atoms with Crippen LogP contribution in [0.1, 0.15) is 49.8 Å². The van der Waals surface area contributed by atoms with Crippen molar-refractivity contribution in [3.8, 4) is 11.1 Å². The zero-order valence-electron chi connectivity index (χ0n) is 25.3. The second-order valence-corrected chi connectivity index (χ2v) is 11.6. The Bertz CT molecular complexity index is 1640. The number of amides is 2. The number of anilines is 1. The number of ether oxygens (including phenoxy) is 1. The van der Waals surface area contributed by atoms with Crippen LogP contribution in [0.25, 0.3) is 27.6 Å². The van der Waals surface area contributed by atoms with Crippen LogP contribution in [0.15, 0.2) is 85.0 Å². The van der Waals surface area contributed by atoms with Gasteiger partial charge in [0, 0.05) is 71.9 Å². The Kier molecular flexibility index (Phi) is 9.45. The summed E-state index contributed by atoms with van der Waals surface area (Å²) in [6.45, 7) is 5.26. The molecule has 1 aliphatic carbocycles. The maximum atomic E-state index is 12.9. The number of hydrazine groups is 1. The van der Waals surface area contributed by atoms with Gasteiger partial charge in [-0.15, -0.1) is 0 Å². The quantitative estimate of drug-likeness (QED) is 0.149. The molecule has 0 saturated carbocycles. The van der Waals surface area contributed by atoms with Gasteiger partial charge in [0.25, 0.3) is 0 Å². The fourth-order valence-electron chi connectivity index (χ4n) is 6.36. The lowest BCUT2D eigenvalue weighted by atomic mass is 9.82. The van der Waals surface area contributed by atoms with Crippen LogP contribution in [0.5, 0.6) is 0 Å². The smallest absolute Gasteiger partial charge is 0.322 e. The molecule has 4 aromatic rings. The lowest BCUT2D eigenvalue weighted by Crippen LogP contribution is -2.43. The molecule has 9 heteroatoms. The number of rotatable bonds is 7. The van der Waals surface area contributed by atoms with Crippen LogP contribution in [0, 0.1) is 5.92 Å². The molecule has 0 spiro atoms. The van der Waals surface area contributed by atoms with Crippen LogP contribution in [0.4, 0.5) is 10.5 Å². The normalized spacial score (nSPS) is 20.9. The number of carbonyl (C=O) groups is 1. The molecule has 0 bridgehead atoms. The van der Waals surface area contributed by atoms with E-state index in [1.165, 1.54) is 11.0 Å². The highest BCUT2D eigenvalue weighted by molar-refractivity contribution is 5.95. The van der Waals surface area contributed by atoms with Gasteiger partial charge in [0.1, 0.15) is 0 Å². The molecule has 44 heavy (non-hydrogen) atoms. The van der Waals surface area contributed by atoms with Crippen molar-refractivity contribution in [3.05, 3.63) is 96.2 Å². The van der Waals surface area contributed by atoms with E-state index in [0.717, 1.165) is 59.2 Å². The van der Waals surface area contributed by atoms with Crippen LogP contribution < -0.4 is 16.6 Å². The first-order chi connectivity index (χ1) is 21.6. The zero-order chi connectivity index (χ0) is 30.3. The molecular weight excluding hydrogens is 550 g/mol. The summed E-state index contributed by atoms with van der Waals surface area (Å²) in [4.78, 5) is 27.2. The van der Waals surface area contributed by atoms with Crippen LogP contribution in [-0.2, 0) is 4.74 Å². The number of aromatic nitrogens is 3. The van der Waals surface area contributed by atoms with E-state index in [4.69, 9.17) is 10.6 Å². The highest BCUT2D eigenvalue weighted by Crippen LogP contribution is 2.38. The Hall–Kier alpha value is -4.31. The van der Waals surface area contributed by atoms with Gasteiger partial charge < -0.3 is 19.9 Å². The highest BCUT2D eigenvalue weighted by atomic mass is 16.5. The lowest BCUT2D eigenvalue weighted by Gasteiger charge is -2.27. The molecule has 2 aliphatic rings. The van der Waals surface area contributed by atoms with E-state index >= 15 is 0 Å². The number of aromatic amines is 1. The van der Waals surface area contributed by atoms with Crippen molar-refractivity contribution in [2.24, 2.45) is 11.8 Å². The van der Waals surface area contributed by atoms with Gasteiger partial charge in [0.15, 0.2) is 0 Å². The molecule has 4 heterocycles. The number of allylic oxidation sites excluding steroid dienone is 3. The maximum absolute atomic E-state index is 12.9. The topological polar surface area (TPSA) is 121 Å². The minimum absolute atomic E-state index is 0.112. The first kappa shape index (κ1) is 29.7. The fraction of sp³-hybridized carbons (Fsp3) is 0.343. The lowest BCUT2D eigenvalue weighted by molar-refractivity contribution is 0.0564. The number of pyridine rings is 2. The van der Waals surface area contributed by atoms with E-state index in [9.17, 15) is 4.79 Å². The van der Waals surface area contributed by atoms with Crippen molar-refractivity contribution in [1.82, 2.24) is 25.3 Å². The van der Waals surface area contributed by atoms with Gasteiger partial charge in [-0.25, -0.2) is 4.79 Å². The summed E-state index contributed by atoms with van der Waals surface area (Å²) >= 11 is 0. The first-order valence-electron chi connectivity index (χ1n) is 15.6. The molecule has 228 valence electrons. The number of hydrogen-bond donors (Lipinski definition) is 4. The Labute approximate surface area is 258 Å². The Morgan fingerprint density at radius 1 is 1.09 bits per heavy atom. The van der Waals surface area contributed by atoms with Gasteiger partial charge in [-0.05, 0) is 60.6 Å². The predicted octanol–water partition coefficient (Wildman–Crippen LogP) is 6.26.